The Hall–Kier alpha value is -2.95. The molecule has 0 radical (unpaired) electrons. The lowest BCUT2D eigenvalue weighted by atomic mass is 10.1. The van der Waals surface area contributed by atoms with Crippen LogP contribution in [-0.4, -0.2) is 23.5 Å². The average Bonchev–Trinajstić information content (AvgIpc) is 2.96. The van der Waals surface area contributed by atoms with E-state index in [0.29, 0.717) is 0 Å². The topological polar surface area (TPSA) is 46.6 Å². The Kier molecular flexibility index (Phi) is 4.42. The van der Waals surface area contributed by atoms with E-state index in [9.17, 15) is 14.0 Å². The first kappa shape index (κ1) is 15.9. The molecule has 0 unspecified atom stereocenters. The molecule has 2 aromatic carbocycles. The molecular weight excluding hydrogens is 309 g/mol. The number of cyclic esters (lactones) is 1. The maximum absolute atomic E-state index is 13.8. The summed E-state index contributed by atoms with van der Waals surface area (Å²) in [6.45, 7) is 1.90. The number of carbonyl (C=O) groups excluding carboxylic acids is 2. The minimum atomic E-state index is -0.692. The van der Waals surface area contributed by atoms with Gasteiger partial charge in [-0.3, -0.25) is 4.79 Å². The molecule has 1 atom stereocenters. The second-order valence-corrected chi connectivity index (χ2v) is 5.57. The lowest BCUT2D eigenvalue weighted by Gasteiger charge is -2.18. The predicted octanol–water partition coefficient (Wildman–Crippen LogP) is 3.87. The van der Waals surface area contributed by atoms with Crippen LogP contribution in [0, 0.1) is 12.7 Å². The highest BCUT2D eigenvalue weighted by Crippen LogP contribution is 2.28. The molecule has 4 nitrogen and oxygen atoms in total. The molecule has 3 rings (SSSR count). The Morgan fingerprint density at radius 2 is 2.00 bits per heavy atom. The first-order chi connectivity index (χ1) is 11.6. The molecule has 1 saturated heterocycles. The normalized spacial score (nSPS) is 17.3. The molecule has 0 aromatic heterocycles. The number of aryl methyl sites for hydroxylation is 1. The largest absolute Gasteiger partial charge is 0.446 e. The fraction of sp³-hybridized carbons (Fsp3) is 0.158. The smallest absolute Gasteiger partial charge is 0.417 e. The Balaban J connectivity index is 1.82. The Morgan fingerprint density at radius 1 is 1.25 bits per heavy atom. The summed E-state index contributed by atoms with van der Waals surface area (Å²) < 4.78 is 18.8. The highest BCUT2D eigenvalue weighted by molar-refractivity contribution is 6.02. The van der Waals surface area contributed by atoms with Crippen LogP contribution in [0.25, 0.3) is 6.08 Å². The van der Waals surface area contributed by atoms with Crippen molar-refractivity contribution in [1.29, 1.82) is 0 Å². The SMILES string of the molecule is Cc1ccc(/C=C/C(=O)N2C(=O)OC[C@H]2c2ccccc2)c(F)c1. The third-order valence-corrected chi connectivity index (χ3v) is 3.86. The quantitative estimate of drug-likeness (QED) is 0.805. The Morgan fingerprint density at radius 3 is 2.71 bits per heavy atom. The summed E-state index contributed by atoms with van der Waals surface area (Å²) in [7, 11) is 0. The number of carbonyl (C=O) groups is 2. The first-order valence-electron chi connectivity index (χ1n) is 7.55. The first-order valence-corrected chi connectivity index (χ1v) is 7.55. The van der Waals surface area contributed by atoms with Crippen LogP contribution in [0.3, 0.4) is 0 Å². The van der Waals surface area contributed by atoms with Gasteiger partial charge in [-0.1, -0.05) is 42.5 Å². The zero-order valence-electron chi connectivity index (χ0n) is 13.1. The van der Waals surface area contributed by atoms with Gasteiger partial charge in [0.25, 0.3) is 5.91 Å². The van der Waals surface area contributed by atoms with Gasteiger partial charge in [-0.25, -0.2) is 14.1 Å². The second-order valence-electron chi connectivity index (χ2n) is 5.57. The number of amides is 2. The highest BCUT2D eigenvalue weighted by Gasteiger charge is 2.37. The molecule has 24 heavy (non-hydrogen) atoms. The lowest BCUT2D eigenvalue weighted by Crippen LogP contribution is -2.32. The van der Waals surface area contributed by atoms with E-state index >= 15 is 0 Å². The van der Waals surface area contributed by atoms with Gasteiger partial charge in [-0.15, -0.1) is 0 Å². The predicted molar refractivity (Wildman–Crippen MR) is 87.5 cm³/mol. The van der Waals surface area contributed by atoms with Crippen molar-refractivity contribution >= 4 is 18.1 Å². The van der Waals surface area contributed by atoms with Crippen LogP contribution >= 0.6 is 0 Å². The molecule has 1 aliphatic rings. The molecule has 0 N–H and O–H groups in total. The highest BCUT2D eigenvalue weighted by atomic mass is 19.1. The molecule has 1 fully saturated rings. The van der Waals surface area contributed by atoms with E-state index < -0.39 is 23.9 Å². The number of benzene rings is 2. The molecule has 0 aliphatic carbocycles. The van der Waals surface area contributed by atoms with Gasteiger partial charge in [0.1, 0.15) is 18.5 Å². The fourth-order valence-electron chi connectivity index (χ4n) is 2.59. The van der Waals surface area contributed by atoms with E-state index in [1.165, 1.54) is 18.2 Å². The van der Waals surface area contributed by atoms with Crippen molar-refractivity contribution < 1.29 is 18.7 Å². The standard InChI is InChI=1S/C19H16FNO3/c1-13-7-8-14(16(20)11-13)9-10-18(22)21-17(12-24-19(21)23)15-5-3-2-4-6-15/h2-11,17H,12H2,1H3/b10-9+/t17-/m0/s1. The number of hydrogen-bond donors (Lipinski definition) is 0. The van der Waals surface area contributed by atoms with Crippen LogP contribution in [0.1, 0.15) is 22.7 Å². The third-order valence-electron chi connectivity index (χ3n) is 3.86. The van der Waals surface area contributed by atoms with Gasteiger partial charge < -0.3 is 4.74 Å². The van der Waals surface area contributed by atoms with Crippen LogP contribution in [0.15, 0.2) is 54.6 Å². The summed E-state index contributed by atoms with van der Waals surface area (Å²) in [5.41, 5.74) is 1.90. The van der Waals surface area contributed by atoms with Crippen molar-refractivity contribution in [3.63, 3.8) is 0 Å². The van der Waals surface area contributed by atoms with E-state index in [0.717, 1.165) is 16.0 Å². The number of rotatable bonds is 3. The van der Waals surface area contributed by atoms with Gasteiger partial charge >= 0.3 is 6.09 Å². The van der Waals surface area contributed by atoms with Crippen molar-refractivity contribution in [2.45, 2.75) is 13.0 Å². The van der Waals surface area contributed by atoms with Crippen molar-refractivity contribution in [2.24, 2.45) is 0 Å². The van der Waals surface area contributed by atoms with Gasteiger partial charge in [-0.05, 0) is 30.2 Å². The van der Waals surface area contributed by atoms with E-state index in [2.05, 4.69) is 0 Å². The summed E-state index contributed by atoms with van der Waals surface area (Å²) in [5, 5.41) is 0. The number of ether oxygens (including phenoxy) is 1. The Labute approximate surface area is 139 Å². The third kappa shape index (κ3) is 3.20. The van der Waals surface area contributed by atoms with Crippen molar-refractivity contribution in [3.8, 4) is 0 Å². The van der Waals surface area contributed by atoms with Crippen LogP contribution in [-0.2, 0) is 9.53 Å². The van der Waals surface area contributed by atoms with Gasteiger partial charge in [0.05, 0.1) is 0 Å². The number of imide groups is 1. The molecule has 2 aromatic rings. The molecule has 1 heterocycles. The molecular formula is C19H16FNO3. The van der Waals surface area contributed by atoms with Crippen LogP contribution < -0.4 is 0 Å². The monoisotopic (exact) mass is 325 g/mol. The molecule has 0 saturated carbocycles. The zero-order valence-corrected chi connectivity index (χ0v) is 13.1. The van der Waals surface area contributed by atoms with E-state index in [-0.39, 0.29) is 12.2 Å². The summed E-state index contributed by atoms with van der Waals surface area (Å²) in [5.74, 6) is -0.950. The van der Waals surface area contributed by atoms with Gasteiger partial charge in [0.2, 0.25) is 0 Å². The van der Waals surface area contributed by atoms with Gasteiger partial charge in [0, 0.05) is 11.6 Å². The fourth-order valence-corrected chi connectivity index (χ4v) is 2.59. The molecule has 5 heteroatoms. The van der Waals surface area contributed by atoms with Crippen LogP contribution in [0.5, 0.6) is 0 Å². The van der Waals surface area contributed by atoms with Crippen molar-refractivity contribution in [2.75, 3.05) is 6.61 Å². The lowest BCUT2D eigenvalue weighted by molar-refractivity contribution is -0.124. The Bertz CT molecular complexity index is 802. The van der Waals surface area contributed by atoms with Gasteiger partial charge in [0.15, 0.2) is 0 Å². The zero-order chi connectivity index (χ0) is 17.1. The second kappa shape index (κ2) is 6.66. The maximum atomic E-state index is 13.8. The number of halogens is 1. The van der Waals surface area contributed by atoms with Crippen molar-refractivity contribution in [1.82, 2.24) is 4.90 Å². The molecule has 2 amide bonds. The summed E-state index contributed by atoms with van der Waals surface area (Å²) in [4.78, 5) is 25.4. The molecule has 0 bridgehead atoms. The van der Waals surface area contributed by atoms with E-state index in [1.807, 2.05) is 30.3 Å². The van der Waals surface area contributed by atoms with E-state index in [4.69, 9.17) is 4.74 Å². The molecule has 1 aliphatic heterocycles. The molecule has 122 valence electrons. The minimum Gasteiger partial charge on any atom is -0.446 e. The van der Waals surface area contributed by atoms with Crippen LogP contribution in [0.2, 0.25) is 0 Å². The van der Waals surface area contributed by atoms with Gasteiger partial charge in [-0.2, -0.15) is 0 Å². The minimum absolute atomic E-state index is 0.112. The van der Waals surface area contributed by atoms with Crippen LogP contribution in [0.4, 0.5) is 9.18 Å². The number of nitrogens with zero attached hydrogens (tertiary/aromatic N) is 1. The summed E-state index contributed by atoms with van der Waals surface area (Å²) >= 11 is 0. The average molecular weight is 325 g/mol. The number of hydrogen-bond acceptors (Lipinski definition) is 3. The molecule has 0 spiro atoms. The maximum Gasteiger partial charge on any atom is 0.417 e. The summed E-state index contributed by atoms with van der Waals surface area (Å²) in [6, 6.07) is 13.4. The van der Waals surface area contributed by atoms with E-state index in [1.54, 1.807) is 19.1 Å². The summed E-state index contributed by atoms with van der Waals surface area (Å²) in [6.07, 6.45) is 1.86. The van der Waals surface area contributed by atoms with Crippen molar-refractivity contribution in [3.05, 3.63) is 77.1 Å².